The molecule has 1 atom stereocenters. The van der Waals surface area contributed by atoms with Crippen LogP contribution in [0.3, 0.4) is 0 Å². The van der Waals surface area contributed by atoms with E-state index in [1.54, 1.807) is 12.1 Å². The molecule has 4 nitrogen and oxygen atoms in total. The molecule has 0 fully saturated rings. The van der Waals surface area contributed by atoms with Crippen molar-refractivity contribution in [3.63, 3.8) is 0 Å². The van der Waals surface area contributed by atoms with Crippen molar-refractivity contribution in [3.05, 3.63) is 107 Å². The van der Waals surface area contributed by atoms with Crippen molar-refractivity contribution in [2.45, 2.75) is 26.0 Å². The van der Waals surface area contributed by atoms with E-state index in [-0.39, 0.29) is 18.0 Å². The zero-order valence-corrected chi connectivity index (χ0v) is 15.8. The number of hydrogen-bond donors (Lipinski definition) is 1. The first-order chi connectivity index (χ1) is 13.6. The molecule has 0 aliphatic carbocycles. The number of nitrogens with one attached hydrogen (secondary N) is 1. The SMILES string of the molecule is CC(=O)NCc1ccc(C(=O)O[C@H](Cc2ccccc2)c2ccccc2)cc1. The highest BCUT2D eigenvalue weighted by Crippen LogP contribution is 2.24. The van der Waals surface area contributed by atoms with E-state index >= 15 is 0 Å². The Hall–Kier alpha value is -3.40. The van der Waals surface area contributed by atoms with E-state index < -0.39 is 0 Å². The molecule has 3 rings (SSSR count). The molecule has 0 unspecified atom stereocenters. The first-order valence-electron chi connectivity index (χ1n) is 9.25. The van der Waals surface area contributed by atoms with Crippen molar-refractivity contribution in [2.75, 3.05) is 0 Å². The Kier molecular flexibility index (Phi) is 6.58. The quantitative estimate of drug-likeness (QED) is 0.622. The summed E-state index contributed by atoms with van der Waals surface area (Å²) in [7, 11) is 0. The summed E-state index contributed by atoms with van der Waals surface area (Å²) < 4.78 is 5.86. The number of carbonyl (C=O) groups excluding carboxylic acids is 2. The van der Waals surface area contributed by atoms with Gasteiger partial charge in [-0.3, -0.25) is 4.79 Å². The highest BCUT2D eigenvalue weighted by molar-refractivity contribution is 5.89. The topological polar surface area (TPSA) is 55.4 Å². The second kappa shape index (κ2) is 9.51. The predicted octanol–water partition coefficient (Wildman–Crippen LogP) is 4.46. The predicted molar refractivity (Wildman–Crippen MR) is 109 cm³/mol. The molecule has 0 aliphatic rings. The fourth-order valence-corrected chi connectivity index (χ4v) is 2.91. The standard InChI is InChI=1S/C24H23NO3/c1-18(26)25-17-20-12-14-22(15-13-20)24(27)28-23(21-10-6-3-7-11-21)16-19-8-4-2-5-9-19/h2-15,23H,16-17H2,1H3,(H,25,26)/t23-/m1/s1. The van der Waals surface area contributed by atoms with Gasteiger partial charge in [-0.05, 0) is 28.8 Å². The minimum atomic E-state index is -0.366. The molecule has 1 N–H and O–H groups in total. The zero-order chi connectivity index (χ0) is 19.8. The lowest BCUT2D eigenvalue weighted by Gasteiger charge is -2.19. The Morgan fingerprint density at radius 2 is 1.43 bits per heavy atom. The highest BCUT2D eigenvalue weighted by atomic mass is 16.5. The van der Waals surface area contributed by atoms with Crippen LogP contribution in [0, 0.1) is 0 Å². The van der Waals surface area contributed by atoms with E-state index in [9.17, 15) is 9.59 Å². The summed E-state index contributed by atoms with van der Waals surface area (Å²) in [4.78, 5) is 23.7. The molecule has 0 radical (unpaired) electrons. The van der Waals surface area contributed by atoms with E-state index in [2.05, 4.69) is 5.32 Å². The zero-order valence-electron chi connectivity index (χ0n) is 15.8. The minimum absolute atomic E-state index is 0.0879. The fraction of sp³-hybridized carbons (Fsp3) is 0.167. The van der Waals surface area contributed by atoms with Gasteiger partial charge in [-0.25, -0.2) is 4.79 Å². The Morgan fingerprint density at radius 1 is 0.821 bits per heavy atom. The maximum atomic E-state index is 12.7. The molecule has 3 aromatic carbocycles. The summed E-state index contributed by atoms with van der Waals surface area (Å²) in [6.45, 7) is 1.91. The maximum absolute atomic E-state index is 12.7. The Morgan fingerprint density at radius 3 is 2.04 bits per heavy atom. The molecular weight excluding hydrogens is 350 g/mol. The number of amides is 1. The number of hydrogen-bond acceptors (Lipinski definition) is 3. The molecule has 0 bridgehead atoms. The maximum Gasteiger partial charge on any atom is 0.338 e. The third-order valence-corrected chi connectivity index (χ3v) is 4.42. The molecule has 1 amide bonds. The lowest BCUT2D eigenvalue weighted by molar-refractivity contribution is -0.119. The second-order valence-corrected chi connectivity index (χ2v) is 6.60. The summed E-state index contributed by atoms with van der Waals surface area (Å²) in [5.41, 5.74) is 3.48. The Bertz CT molecular complexity index is 906. The first kappa shape index (κ1) is 19.4. The van der Waals surface area contributed by atoms with Crippen LogP contribution in [0.4, 0.5) is 0 Å². The molecular formula is C24H23NO3. The van der Waals surface area contributed by atoms with Crippen molar-refractivity contribution in [1.82, 2.24) is 5.32 Å². The van der Waals surface area contributed by atoms with E-state index in [0.717, 1.165) is 16.7 Å². The number of benzene rings is 3. The van der Waals surface area contributed by atoms with Gasteiger partial charge in [0.1, 0.15) is 6.10 Å². The van der Waals surface area contributed by atoms with E-state index in [0.29, 0.717) is 18.5 Å². The summed E-state index contributed by atoms with van der Waals surface area (Å²) >= 11 is 0. The van der Waals surface area contributed by atoms with Crippen LogP contribution in [0.15, 0.2) is 84.9 Å². The number of ether oxygens (including phenoxy) is 1. The lowest BCUT2D eigenvalue weighted by Crippen LogP contribution is -2.19. The van der Waals surface area contributed by atoms with Crippen LogP contribution in [0.5, 0.6) is 0 Å². The van der Waals surface area contributed by atoms with Gasteiger partial charge in [0.05, 0.1) is 5.56 Å². The molecule has 28 heavy (non-hydrogen) atoms. The molecule has 0 aromatic heterocycles. The van der Waals surface area contributed by atoms with Gasteiger partial charge < -0.3 is 10.1 Å². The molecule has 0 spiro atoms. The van der Waals surface area contributed by atoms with Crippen LogP contribution >= 0.6 is 0 Å². The molecule has 0 saturated heterocycles. The molecule has 0 heterocycles. The van der Waals surface area contributed by atoms with Crippen LogP contribution in [-0.2, 0) is 22.5 Å². The Balaban J connectivity index is 1.72. The normalized spacial score (nSPS) is 11.5. The third kappa shape index (κ3) is 5.55. The van der Waals surface area contributed by atoms with Crippen LogP contribution in [0.25, 0.3) is 0 Å². The number of carbonyl (C=O) groups is 2. The van der Waals surface area contributed by atoms with E-state index in [1.807, 2.05) is 72.8 Å². The van der Waals surface area contributed by atoms with Gasteiger partial charge in [0.2, 0.25) is 5.91 Å². The van der Waals surface area contributed by atoms with Gasteiger partial charge in [0.25, 0.3) is 0 Å². The highest BCUT2D eigenvalue weighted by Gasteiger charge is 2.18. The van der Waals surface area contributed by atoms with E-state index in [4.69, 9.17) is 4.74 Å². The monoisotopic (exact) mass is 373 g/mol. The summed E-state index contributed by atoms with van der Waals surface area (Å²) in [6, 6.07) is 26.8. The van der Waals surface area contributed by atoms with Gasteiger partial charge in [-0.1, -0.05) is 72.8 Å². The molecule has 0 saturated carbocycles. The molecule has 4 heteroatoms. The summed E-state index contributed by atoms with van der Waals surface area (Å²) in [6.07, 6.45) is 0.243. The van der Waals surface area contributed by atoms with Gasteiger partial charge in [0.15, 0.2) is 0 Å². The van der Waals surface area contributed by atoms with Gasteiger partial charge >= 0.3 is 5.97 Å². The van der Waals surface area contributed by atoms with Crippen LogP contribution in [-0.4, -0.2) is 11.9 Å². The van der Waals surface area contributed by atoms with Gasteiger partial charge in [-0.2, -0.15) is 0 Å². The Labute approximate surface area is 165 Å². The summed E-state index contributed by atoms with van der Waals surface area (Å²) in [5.74, 6) is -0.453. The average Bonchev–Trinajstić information content (AvgIpc) is 2.73. The first-order valence-corrected chi connectivity index (χ1v) is 9.25. The molecule has 142 valence electrons. The lowest BCUT2D eigenvalue weighted by atomic mass is 10.0. The van der Waals surface area contributed by atoms with Crippen molar-refractivity contribution < 1.29 is 14.3 Å². The number of rotatable bonds is 7. The second-order valence-electron chi connectivity index (χ2n) is 6.60. The smallest absolute Gasteiger partial charge is 0.338 e. The molecule has 0 aliphatic heterocycles. The largest absolute Gasteiger partial charge is 0.454 e. The van der Waals surface area contributed by atoms with Crippen LogP contribution < -0.4 is 5.32 Å². The summed E-state index contributed by atoms with van der Waals surface area (Å²) in [5, 5.41) is 2.74. The van der Waals surface area contributed by atoms with Crippen LogP contribution in [0.2, 0.25) is 0 Å². The average molecular weight is 373 g/mol. The number of esters is 1. The van der Waals surface area contributed by atoms with Gasteiger partial charge in [0, 0.05) is 19.9 Å². The van der Waals surface area contributed by atoms with Crippen molar-refractivity contribution in [3.8, 4) is 0 Å². The molecule has 3 aromatic rings. The fourth-order valence-electron chi connectivity index (χ4n) is 2.91. The minimum Gasteiger partial charge on any atom is -0.454 e. The van der Waals surface area contributed by atoms with Gasteiger partial charge in [-0.15, -0.1) is 0 Å². The third-order valence-electron chi connectivity index (χ3n) is 4.42. The van der Waals surface area contributed by atoms with Crippen molar-refractivity contribution >= 4 is 11.9 Å². The van der Waals surface area contributed by atoms with Crippen molar-refractivity contribution in [1.29, 1.82) is 0 Å². The van der Waals surface area contributed by atoms with Crippen LogP contribution in [0.1, 0.15) is 40.1 Å². The van der Waals surface area contributed by atoms with Crippen molar-refractivity contribution in [2.24, 2.45) is 0 Å². The van der Waals surface area contributed by atoms with E-state index in [1.165, 1.54) is 6.92 Å².